The Balaban J connectivity index is 1.57. The highest BCUT2D eigenvalue weighted by molar-refractivity contribution is 6.01. The van der Waals surface area contributed by atoms with Crippen molar-refractivity contribution < 1.29 is 4.79 Å². The number of hydrogen-bond donors (Lipinski definition) is 1. The fraction of sp³-hybridized carbons (Fsp3) is 0.444. The van der Waals surface area contributed by atoms with Gasteiger partial charge >= 0.3 is 0 Å². The molecule has 1 saturated carbocycles. The Kier molecular flexibility index (Phi) is 5.36. The molecule has 3 aromatic rings. The van der Waals surface area contributed by atoms with Gasteiger partial charge in [0.05, 0.1) is 17.5 Å². The van der Waals surface area contributed by atoms with E-state index in [0.29, 0.717) is 25.3 Å². The minimum Gasteiger partial charge on any atom is -0.364 e. The molecule has 3 heterocycles. The Morgan fingerprint density at radius 1 is 1.18 bits per heavy atom. The Morgan fingerprint density at radius 2 is 1.88 bits per heavy atom. The average Bonchev–Trinajstić information content (AvgIpc) is 3.55. The molecule has 2 aromatic heterocycles. The lowest BCUT2D eigenvalue weighted by Gasteiger charge is -2.35. The topological polar surface area (TPSA) is 74.0 Å². The number of amides is 1. The third-order valence-corrected chi connectivity index (χ3v) is 7.40. The molecular weight excluding hydrogens is 410 g/mol. The van der Waals surface area contributed by atoms with Gasteiger partial charge in [0.25, 0.3) is 5.91 Å². The van der Waals surface area contributed by atoms with Crippen LogP contribution < -0.4 is 5.32 Å². The highest BCUT2D eigenvalue weighted by Crippen LogP contribution is 2.37. The van der Waals surface area contributed by atoms with Gasteiger partial charge in [-0.15, -0.1) is 0 Å². The molecule has 0 atom stereocenters. The number of nitrogens with zero attached hydrogens (tertiary/aromatic N) is 4. The molecule has 1 aliphatic carbocycles. The van der Waals surface area contributed by atoms with E-state index in [9.17, 15) is 4.79 Å². The van der Waals surface area contributed by atoms with Crippen LogP contribution in [-0.4, -0.2) is 33.4 Å². The van der Waals surface area contributed by atoms with E-state index in [1.54, 1.807) is 4.90 Å². The summed E-state index contributed by atoms with van der Waals surface area (Å²) in [6.45, 7) is 11.2. The summed E-state index contributed by atoms with van der Waals surface area (Å²) in [7, 11) is 0. The van der Waals surface area contributed by atoms with Crippen molar-refractivity contribution in [1.82, 2.24) is 14.5 Å². The van der Waals surface area contributed by atoms with Crippen molar-refractivity contribution in [3.63, 3.8) is 0 Å². The summed E-state index contributed by atoms with van der Waals surface area (Å²) in [6, 6.07) is 10.5. The van der Waals surface area contributed by atoms with Crippen molar-refractivity contribution in [3.8, 4) is 6.07 Å². The summed E-state index contributed by atoms with van der Waals surface area (Å²) < 4.78 is 2.39. The number of likely N-dealkylation sites (tertiary alicyclic amines) is 1. The third-order valence-electron chi connectivity index (χ3n) is 7.40. The van der Waals surface area contributed by atoms with Crippen LogP contribution in [0.3, 0.4) is 0 Å². The number of benzene rings is 1. The van der Waals surface area contributed by atoms with Gasteiger partial charge in [-0.3, -0.25) is 4.79 Å². The zero-order chi connectivity index (χ0) is 23.3. The van der Waals surface area contributed by atoms with Crippen LogP contribution in [0.15, 0.2) is 24.3 Å². The summed E-state index contributed by atoms with van der Waals surface area (Å²) in [5, 5.41) is 13.8. The summed E-state index contributed by atoms with van der Waals surface area (Å²) in [4.78, 5) is 19.8. The van der Waals surface area contributed by atoms with E-state index in [0.717, 1.165) is 29.2 Å². The van der Waals surface area contributed by atoms with Crippen LogP contribution in [0.25, 0.3) is 10.9 Å². The number of nitrogens with one attached hydrogen (secondary N) is 1. The Morgan fingerprint density at radius 3 is 2.52 bits per heavy atom. The SMILES string of the molecule is Cc1cccc(C)c1CNc1nc(C(=O)N2CC(C#N)C2)cc2c(C)c(C)n(CC3CC3)c12. The number of hydrogen-bond acceptors (Lipinski definition) is 4. The van der Waals surface area contributed by atoms with Gasteiger partial charge in [0.15, 0.2) is 5.82 Å². The average molecular weight is 442 g/mol. The zero-order valence-electron chi connectivity index (χ0n) is 19.9. The van der Waals surface area contributed by atoms with Gasteiger partial charge in [-0.25, -0.2) is 4.98 Å². The first-order valence-corrected chi connectivity index (χ1v) is 11.9. The van der Waals surface area contributed by atoms with Crippen LogP contribution in [-0.2, 0) is 13.1 Å². The molecule has 0 bridgehead atoms. The normalized spacial score (nSPS) is 16.0. The number of rotatable bonds is 6. The molecule has 0 spiro atoms. The smallest absolute Gasteiger partial charge is 0.272 e. The first-order valence-electron chi connectivity index (χ1n) is 11.9. The predicted octanol–water partition coefficient (Wildman–Crippen LogP) is 4.89. The molecule has 0 radical (unpaired) electrons. The van der Waals surface area contributed by atoms with Gasteiger partial charge in [0.1, 0.15) is 5.69 Å². The monoisotopic (exact) mass is 441 g/mol. The minimum absolute atomic E-state index is 0.0667. The van der Waals surface area contributed by atoms with E-state index < -0.39 is 0 Å². The maximum absolute atomic E-state index is 13.2. The van der Waals surface area contributed by atoms with Crippen molar-refractivity contribution in [3.05, 3.63) is 57.9 Å². The van der Waals surface area contributed by atoms with Gasteiger partial charge in [-0.1, -0.05) is 18.2 Å². The second kappa shape index (κ2) is 8.22. The summed E-state index contributed by atoms with van der Waals surface area (Å²) in [5.41, 5.74) is 7.75. The lowest BCUT2D eigenvalue weighted by atomic mass is 10.0. The molecule has 1 N–H and O–H groups in total. The quantitative estimate of drug-likeness (QED) is 0.591. The molecular formula is C27H31N5O. The van der Waals surface area contributed by atoms with Gasteiger partial charge in [0.2, 0.25) is 0 Å². The predicted molar refractivity (Wildman–Crippen MR) is 130 cm³/mol. The van der Waals surface area contributed by atoms with E-state index in [1.165, 1.54) is 40.8 Å². The first-order chi connectivity index (χ1) is 15.9. The number of carbonyl (C=O) groups is 1. The van der Waals surface area contributed by atoms with Crippen molar-refractivity contribution in [2.75, 3.05) is 18.4 Å². The molecule has 1 aliphatic heterocycles. The standard InChI is InChI=1S/C27H31N5O/c1-16-6-5-7-17(2)23(16)12-29-26-25-22(18(3)19(4)32(25)15-20-8-9-20)10-24(30-26)27(33)31-13-21(11-28)14-31/h5-7,10,20-21H,8-9,12-15H2,1-4H3,(H,29,30). The molecule has 0 unspecified atom stereocenters. The largest absolute Gasteiger partial charge is 0.364 e. The molecule has 6 heteroatoms. The maximum Gasteiger partial charge on any atom is 0.272 e. The molecule has 170 valence electrons. The number of anilines is 1. The number of carbonyl (C=O) groups excluding carboxylic acids is 1. The number of fused-ring (bicyclic) bond motifs is 1. The zero-order valence-corrected chi connectivity index (χ0v) is 19.9. The maximum atomic E-state index is 13.2. The van der Waals surface area contributed by atoms with E-state index in [-0.39, 0.29) is 11.8 Å². The van der Waals surface area contributed by atoms with Gasteiger partial charge < -0.3 is 14.8 Å². The Bertz CT molecular complexity index is 1270. The van der Waals surface area contributed by atoms with Crippen LogP contribution in [0, 0.1) is 50.9 Å². The van der Waals surface area contributed by atoms with E-state index in [2.05, 4.69) is 61.8 Å². The highest BCUT2D eigenvalue weighted by Gasteiger charge is 2.33. The molecule has 2 aliphatic rings. The summed E-state index contributed by atoms with van der Waals surface area (Å²) >= 11 is 0. The minimum atomic E-state index is -0.0921. The van der Waals surface area contributed by atoms with Gasteiger partial charge in [0, 0.05) is 37.3 Å². The van der Waals surface area contributed by atoms with Crippen LogP contribution >= 0.6 is 0 Å². The van der Waals surface area contributed by atoms with E-state index in [4.69, 9.17) is 10.2 Å². The summed E-state index contributed by atoms with van der Waals surface area (Å²) in [5.74, 6) is 1.34. The lowest BCUT2D eigenvalue weighted by Crippen LogP contribution is -2.49. The molecule has 6 nitrogen and oxygen atoms in total. The number of aromatic nitrogens is 2. The van der Waals surface area contributed by atoms with Crippen molar-refractivity contribution >= 4 is 22.6 Å². The number of pyridine rings is 1. The molecule has 2 fully saturated rings. The number of aryl methyl sites for hydroxylation is 3. The van der Waals surface area contributed by atoms with E-state index in [1.807, 2.05) is 6.07 Å². The fourth-order valence-corrected chi connectivity index (χ4v) is 4.87. The molecule has 5 rings (SSSR count). The molecule has 33 heavy (non-hydrogen) atoms. The van der Waals surface area contributed by atoms with Crippen LogP contribution in [0.2, 0.25) is 0 Å². The summed E-state index contributed by atoms with van der Waals surface area (Å²) in [6.07, 6.45) is 2.56. The number of nitriles is 1. The van der Waals surface area contributed by atoms with Crippen molar-refractivity contribution in [2.45, 2.75) is 53.6 Å². The second-order valence-electron chi connectivity index (χ2n) is 9.78. The van der Waals surface area contributed by atoms with Gasteiger partial charge in [-0.05, 0) is 74.8 Å². The third kappa shape index (κ3) is 3.86. The second-order valence-corrected chi connectivity index (χ2v) is 9.78. The van der Waals surface area contributed by atoms with Crippen molar-refractivity contribution in [2.24, 2.45) is 11.8 Å². The van der Waals surface area contributed by atoms with Gasteiger partial charge in [-0.2, -0.15) is 5.26 Å². The molecule has 1 aromatic carbocycles. The molecule has 1 saturated heterocycles. The van der Waals surface area contributed by atoms with Crippen LogP contribution in [0.1, 0.15) is 51.3 Å². The fourth-order valence-electron chi connectivity index (χ4n) is 4.87. The van der Waals surface area contributed by atoms with Crippen LogP contribution in [0.5, 0.6) is 0 Å². The highest BCUT2D eigenvalue weighted by atomic mass is 16.2. The Labute approximate surface area is 195 Å². The van der Waals surface area contributed by atoms with E-state index >= 15 is 0 Å². The Hall–Kier alpha value is -3.33. The molecule has 1 amide bonds. The van der Waals surface area contributed by atoms with Crippen LogP contribution in [0.4, 0.5) is 5.82 Å². The lowest BCUT2D eigenvalue weighted by molar-refractivity contribution is 0.0571. The first kappa shape index (κ1) is 21.5. The van der Waals surface area contributed by atoms with Crippen molar-refractivity contribution in [1.29, 1.82) is 5.26 Å².